The van der Waals surface area contributed by atoms with Crippen molar-refractivity contribution in [1.29, 1.82) is 0 Å². The molecule has 0 unspecified atom stereocenters. The third-order valence-electron chi connectivity index (χ3n) is 3.60. The zero-order chi connectivity index (χ0) is 20.5. The average Bonchev–Trinajstić information content (AvgIpc) is 3.13. The first-order valence-corrected chi connectivity index (χ1v) is 8.37. The average molecular weight is 432 g/mol. The van der Waals surface area contributed by atoms with Crippen LogP contribution < -0.4 is 5.32 Å². The number of phenolic OH excluding ortho intramolecular Hbond substituents is 1. The van der Waals surface area contributed by atoms with Crippen molar-refractivity contribution in [3.05, 3.63) is 63.4 Å². The van der Waals surface area contributed by atoms with Gasteiger partial charge in [-0.2, -0.15) is 18.2 Å². The topological polar surface area (TPSA) is 88.2 Å². The Kier molecular flexibility index (Phi) is 5.48. The number of aromatic nitrogens is 2. The largest absolute Gasteiger partial charge is 0.505 e. The lowest BCUT2D eigenvalue weighted by Crippen LogP contribution is -2.24. The maximum Gasteiger partial charge on any atom is 0.416 e. The molecule has 3 rings (SSSR count). The molecular formula is C17H10Cl2F3N3O3. The highest BCUT2D eigenvalue weighted by Gasteiger charge is 2.30. The summed E-state index contributed by atoms with van der Waals surface area (Å²) in [7, 11) is 0. The number of halogens is 5. The van der Waals surface area contributed by atoms with Crippen molar-refractivity contribution < 1.29 is 27.6 Å². The molecule has 2 aromatic carbocycles. The van der Waals surface area contributed by atoms with E-state index in [-0.39, 0.29) is 45.2 Å². The fourth-order valence-corrected chi connectivity index (χ4v) is 2.73. The fraction of sp³-hybridized carbons (Fsp3) is 0.118. The first-order chi connectivity index (χ1) is 13.1. The molecule has 0 bridgehead atoms. The van der Waals surface area contributed by atoms with Crippen molar-refractivity contribution in [2.45, 2.75) is 12.7 Å². The summed E-state index contributed by atoms with van der Waals surface area (Å²) in [6, 6.07) is 7.20. The van der Waals surface area contributed by atoms with Gasteiger partial charge in [-0.05, 0) is 29.8 Å². The minimum absolute atomic E-state index is 0.0451. The van der Waals surface area contributed by atoms with Crippen LogP contribution in [0.25, 0.3) is 11.5 Å². The SMILES string of the molecule is O=C(NCc1cccc(C(F)(F)F)c1)c1noc(-c2cc(Cl)c(O)c(Cl)c2)n1. The molecule has 0 fully saturated rings. The normalized spacial score (nSPS) is 11.5. The molecule has 0 saturated carbocycles. The smallest absolute Gasteiger partial charge is 0.416 e. The van der Waals surface area contributed by atoms with E-state index in [1.807, 2.05) is 0 Å². The predicted octanol–water partition coefficient (Wildman–Crippen LogP) is 4.70. The van der Waals surface area contributed by atoms with Gasteiger partial charge in [0.25, 0.3) is 17.6 Å². The lowest BCUT2D eigenvalue weighted by Gasteiger charge is -2.08. The molecule has 0 saturated heterocycles. The van der Waals surface area contributed by atoms with Crippen LogP contribution in [0.15, 0.2) is 40.9 Å². The summed E-state index contributed by atoms with van der Waals surface area (Å²) in [5.41, 5.74) is -0.289. The van der Waals surface area contributed by atoms with Crippen molar-refractivity contribution in [3.8, 4) is 17.2 Å². The van der Waals surface area contributed by atoms with Crippen LogP contribution in [0.1, 0.15) is 21.7 Å². The quantitative estimate of drug-likeness (QED) is 0.624. The molecule has 0 aliphatic heterocycles. The van der Waals surface area contributed by atoms with Gasteiger partial charge in [-0.1, -0.05) is 40.5 Å². The van der Waals surface area contributed by atoms with E-state index in [0.29, 0.717) is 0 Å². The van der Waals surface area contributed by atoms with Gasteiger partial charge < -0.3 is 14.9 Å². The summed E-state index contributed by atoms with van der Waals surface area (Å²) < 4.78 is 43.1. The number of rotatable bonds is 4. The van der Waals surface area contributed by atoms with Crippen LogP contribution in [-0.4, -0.2) is 21.2 Å². The van der Waals surface area contributed by atoms with Crippen LogP contribution in [0.3, 0.4) is 0 Å². The summed E-state index contributed by atoms with van der Waals surface area (Å²) in [5.74, 6) is -1.47. The highest BCUT2D eigenvalue weighted by atomic mass is 35.5. The maximum absolute atomic E-state index is 12.7. The van der Waals surface area contributed by atoms with Crippen molar-refractivity contribution in [2.75, 3.05) is 0 Å². The Morgan fingerprint density at radius 1 is 1.18 bits per heavy atom. The van der Waals surface area contributed by atoms with E-state index < -0.39 is 17.6 Å². The van der Waals surface area contributed by atoms with Gasteiger partial charge in [0.1, 0.15) is 0 Å². The molecule has 146 valence electrons. The third kappa shape index (κ3) is 4.37. The van der Waals surface area contributed by atoms with Gasteiger partial charge in [-0.3, -0.25) is 4.79 Å². The second-order valence-electron chi connectivity index (χ2n) is 5.59. The molecule has 1 heterocycles. The molecule has 0 spiro atoms. The number of aromatic hydroxyl groups is 1. The predicted molar refractivity (Wildman–Crippen MR) is 94.0 cm³/mol. The van der Waals surface area contributed by atoms with E-state index >= 15 is 0 Å². The number of benzene rings is 2. The van der Waals surface area contributed by atoms with Crippen LogP contribution in [0.2, 0.25) is 10.0 Å². The van der Waals surface area contributed by atoms with Crippen LogP contribution >= 0.6 is 23.2 Å². The van der Waals surface area contributed by atoms with Crippen LogP contribution in [0.5, 0.6) is 5.75 Å². The van der Waals surface area contributed by atoms with E-state index in [1.165, 1.54) is 24.3 Å². The number of hydrogen-bond donors (Lipinski definition) is 2. The van der Waals surface area contributed by atoms with Gasteiger partial charge in [0, 0.05) is 12.1 Å². The van der Waals surface area contributed by atoms with E-state index in [9.17, 15) is 23.1 Å². The molecule has 0 aliphatic carbocycles. The number of hydrogen-bond acceptors (Lipinski definition) is 5. The van der Waals surface area contributed by atoms with Crippen molar-refractivity contribution in [3.63, 3.8) is 0 Å². The molecule has 2 N–H and O–H groups in total. The fourth-order valence-electron chi connectivity index (χ4n) is 2.24. The Hall–Kier alpha value is -2.78. The minimum Gasteiger partial charge on any atom is -0.505 e. The Morgan fingerprint density at radius 2 is 1.86 bits per heavy atom. The minimum atomic E-state index is -4.48. The van der Waals surface area contributed by atoms with Gasteiger partial charge in [0.05, 0.1) is 15.6 Å². The summed E-state index contributed by atoms with van der Waals surface area (Å²) in [5, 5.41) is 15.4. The van der Waals surface area contributed by atoms with Crippen molar-refractivity contribution in [2.24, 2.45) is 0 Å². The molecular weight excluding hydrogens is 422 g/mol. The first-order valence-electron chi connectivity index (χ1n) is 7.61. The second-order valence-corrected chi connectivity index (χ2v) is 6.41. The van der Waals surface area contributed by atoms with Crippen LogP contribution in [0, 0.1) is 0 Å². The van der Waals surface area contributed by atoms with Gasteiger partial charge >= 0.3 is 6.18 Å². The van der Waals surface area contributed by atoms with Crippen LogP contribution in [-0.2, 0) is 12.7 Å². The summed E-state index contributed by atoms with van der Waals surface area (Å²) in [6.45, 7) is -0.163. The number of amides is 1. The van der Waals surface area contributed by atoms with Gasteiger partial charge in [-0.15, -0.1) is 0 Å². The molecule has 3 aromatic rings. The summed E-state index contributed by atoms with van der Waals surface area (Å²) >= 11 is 11.6. The molecule has 28 heavy (non-hydrogen) atoms. The van der Waals surface area contributed by atoms with Gasteiger partial charge in [-0.25, -0.2) is 0 Å². The van der Waals surface area contributed by atoms with Gasteiger partial charge in [0.2, 0.25) is 0 Å². The highest BCUT2D eigenvalue weighted by Crippen LogP contribution is 2.36. The monoisotopic (exact) mass is 431 g/mol. The number of nitrogens with one attached hydrogen (secondary N) is 1. The van der Waals surface area contributed by atoms with Crippen LogP contribution in [0.4, 0.5) is 13.2 Å². The van der Waals surface area contributed by atoms with Gasteiger partial charge in [0.15, 0.2) is 5.75 Å². The van der Waals surface area contributed by atoms with E-state index in [2.05, 4.69) is 15.5 Å². The zero-order valence-electron chi connectivity index (χ0n) is 13.7. The standard InChI is InChI=1S/C17H10Cl2F3N3O3/c18-11-5-9(6-12(19)13(11)26)16-24-14(25-28-16)15(27)23-7-8-2-1-3-10(4-8)17(20,21)22/h1-6,26H,7H2,(H,23,27). The Bertz CT molecular complexity index is 1010. The number of nitrogens with zero attached hydrogens (tertiary/aromatic N) is 2. The third-order valence-corrected chi connectivity index (χ3v) is 4.18. The molecule has 0 atom stereocenters. The lowest BCUT2D eigenvalue weighted by molar-refractivity contribution is -0.137. The number of alkyl halides is 3. The molecule has 0 radical (unpaired) electrons. The molecule has 1 aromatic heterocycles. The van der Waals surface area contributed by atoms with Crippen molar-refractivity contribution in [1.82, 2.24) is 15.5 Å². The van der Waals surface area contributed by atoms with E-state index in [1.54, 1.807) is 0 Å². The molecule has 0 aliphatic rings. The zero-order valence-corrected chi connectivity index (χ0v) is 15.2. The Morgan fingerprint density at radius 3 is 2.50 bits per heavy atom. The number of phenols is 1. The summed E-state index contributed by atoms with van der Waals surface area (Å²) in [6.07, 6.45) is -4.48. The van der Waals surface area contributed by atoms with E-state index in [0.717, 1.165) is 12.1 Å². The number of carbonyl (C=O) groups is 1. The molecule has 11 heteroatoms. The molecule has 6 nitrogen and oxygen atoms in total. The molecule has 1 amide bonds. The second kappa shape index (κ2) is 7.69. The highest BCUT2D eigenvalue weighted by molar-refractivity contribution is 6.37. The summed E-state index contributed by atoms with van der Waals surface area (Å²) in [4.78, 5) is 16.0. The Balaban J connectivity index is 1.72. The lowest BCUT2D eigenvalue weighted by atomic mass is 10.1. The first kappa shape index (κ1) is 20.0. The van der Waals surface area contributed by atoms with E-state index in [4.69, 9.17) is 27.7 Å². The maximum atomic E-state index is 12.7. The number of carbonyl (C=O) groups excluding carboxylic acids is 1. The Labute approximate surface area is 165 Å². The van der Waals surface area contributed by atoms with Crippen molar-refractivity contribution >= 4 is 29.1 Å².